The topological polar surface area (TPSA) is 108 Å². The first-order chi connectivity index (χ1) is 15.5. The van der Waals surface area contributed by atoms with Crippen LogP contribution in [0.15, 0.2) is 34.2 Å². The van der Waals surface area contributed by atoms with Crippen molar-refractivity contribution in [3.63, 3.8) is 0 Å². The SMILES string of the molecule is O=C(CCCCCN=C1NS(=O)(=O)c2ccccc21)N1CCN(C(=O)C2CCCO2)CC1. The van der Waals surface area contributed by atoms with E-state index in [9.17, 15) is 18.0 Å². The van der Waals surface area contributed by atoms with E-state index in [1.54, 1.807) is 24.3 Å². The Labute approximate surface area is 188 Å². The van der Waals surface area contributed by atoms with Crippen LogP contribution in [0.3, 0.4) is 0 Å². The summed E-state index contributed by atoms with van der Waals surface area (Å²) in [7, 11) is -3.50. The third-order valence-corrected chi connectivity index (χ3v) is 7.53. The Morgan fingerprint density at radius 3 is 2.56 bits per heavy atom. The monoisotopic (exact) mass is 462 g/mol. The van der Waals surface area contributed by atoms with Gasteiger partial charge < -0.3 is 14.5 Å². The molecule has 0 radical (unpaired) electrons. The molecule has 2 amide bonds. The molecule has 4 rings (SSSR count). The Morgan fingerprint density at radius 2 is 1.81 bits per heavy atom. The first kappa shape index (κ1) is 22.7. The van der Waals surface area contributed by atoms with Gasteiger partial charge in [0, 0.05) is 51.3 Å². The van der Waals surface area contributed by atoms with Gasteiger partial charge in [0.15, 0.2) is 0 Å². The molecule has 1 unspecified atom stereocenters. The van der Waals surface area contributed by atoms with Crippen LogP contribution < -0.4 is 4.72 Å². The number of nitrogens with zero attached hydrogens (tertiary/aromatic N) is 3. The van der Waals surface area contributed by atoms with E-state index in [4.69, 9.17) is 4.74 Å². The molecule has 1 aromatic carbocycles. The Hall–Kier alpha value is -2.46. The van der Waals surface area contributed by atoms with Gasteiger partial charge in [-0.15, -0.1) is 0 Å². The zero-order valence-electron chi connectivity index (χ0n) is 18.2. The lowest BCUT2D eigenvalue weighted by Crippen LogP contribution is -2.52. The molecule has 0 bridgehead atoms. The van der Waals surface area contributed by atoms with Crippen LogP contribution >= 0.6 is 0 Å². The van der Waals surface area contributed by atoms with Crippen molar-refractivity contribution in [1.82, 2.24) is 14.5 Å². The molecular formula is C22H30N4O5S. The van der Waals surface area contributed by atoms with Crippen LogP contribution in [0.5, 0.6) is 0 Å². The second-order valence-electron chi connectivity index (χ2n) is 8.35. The van der Waals surface area contributed by atoms with Gasteiger partial charge in [0.2, 0.25) is 5.91 Å². The molecule has 0 spiro atoms. The number of nitrogens with one attached hydrogen (secondary N) is 1. The fraction of sp³-hybridized carbons (Fsp3) is 0.591. The summed E-state index contributed by atoms with van der Waals surface area (Å²) in [6.45, 7) is 3.45. The summed E-state index contributed by atoms with van der Waals surface area (Å²) in [6, 6.07) is 6.81. The van der Waals surface area contributed by atoms with Gasteiger partial charge in [-0.2, -0.15) is 0 Å². The summed E-state index contributed by atoms with van der Waals surface area (Å²) in [6.07, 6.45) is 4.30. The fourth-order valence-corrected chi connectivity index (χ4v) is 5.57. The maximum atomic E-state index is 12.5. The Morgan fingerprint density at radius 1 is 1.06 bits per heavy atom. The third-order valence-electron chi connectivity index (χ3n) is 6.13. The minimum Gasteiger partial charge on any atom is -0.368 e. The van der Waals surface area contributed by atoms with Crippen LogP contribution in [0.2, 0.25) is 0 Å². The lowest BCUT2D eigenvalue weighted by Gasteiger charge is -2.35. The number of rotatable bonds is 7. The number of fused-ring (bicyclic) bond motifs is 1. The highest BCUT2D eigenvalue weighted by atomic mass is 32.2. The number of hydrogen-bond acceptors (Lipinski definition) is 6. The number of unbranched alkanes of at least 4 members (excludes halogenated alkanes) is 2. The first-order valence-corrected chi connectivity index (χ1v) is 12.8. The second-order valence-corrected chi connectivity index (χ2v) is 10.0. The van der Waals surface area contributed by atoms with Crippen molar-refractivity contribution in [3.8, 4) is 0 Å². The van der Waals surface area contributed by atoms with E-state index in [1.807, 2.05) is 9.80 Å². The molecule has 1 aromatic rings. The normalized spacial score (nSPS) is 23.2. The lowest BCUT2D eigenvalue weighted by atomic mass is 10.1. The lowest BCUT2D eigenvalue weighted by molar-refractivity contribution is -0.146. The summed E-state index contributed by atoms with van der Waals surface area (Å²) in [5.41, 5.74) is 0.611. The number of carbonyl (C=O) groups excluding carboxylic acids is 2. The van der Waals surface area contributed by atoms with Gasteiger partial charge in [-0.3, -0.25) is 19.3 Å². The van der Waals surface area contributed by atoms with Crippen LogP contribution in [0.4, 0.5) is 0 Å². The van der Waals surface area contributed by atoms with Crippen LogP contribution in [-0.2, 0) is 24.3 Å². The first-order valence-electron chi connectivity index (χ1n) is 11.3. The molecule has 9 nitrogen and oxygen atoms in total. The molecule has 3 heterocycles. The van der Waals surface area contributed by atoms with E-state index in [1.165, 1.54) is 0 Å². The van der Waals surface area contributed by atoms with Crippen LogP contribution in [0.25, 0.3) is 0 Å². The highest BCUT2D eigenvalue weighted by molar-refractivity contribution is 7.90. The van der Waals surface area contributed by atoms with Gasteiger partial charge in [-0.25, -0.2) is 8.42 Å². The molecule has 10 heteroatoms. The van der Waals surface area contributed by atoms with Crippen molar-refractivity contribution < 1.29 is 22.7 Å². The van der Waals surface area contributed by atoms with Gasteiger partial charge >= 0.3 is 0 Å². The molecule has 0 aliphatic carbocycles. The Balaban J connectivity index is 1.14. The second kappa shape index (κ2) is 9.99. The van der Waals surface area contributed by atoms with Crippen LogP contribution in [0, 0.1) is 0 Å². The number of hydrogen-bond donors (Lipinski definition) is 1. The van der Waals surface area contributed by atoms with Crippen molar-refractivity contribution in [2.75, 3.05) is 39.3 Å². The van der Waals surface area contributed by atoms with E-state index in [0.29, 0.717) is 57.2 Å². The molecule has 3 aliphatic heterocycles. The van der Waals surface area contributed by atoms with Crippen molar-refractivity contribution in [3.05, 3.63) is 29.8 Å². The standard InChI is InChI=1S/C22H30N4O5S/c27-20(25-12-14-26(15-13-25)22(28)18-8-6-16-31-18)10-2-1-5-11-23-21-17-7-3-4-9-19(17)32(29,30)24-21/h3-4,7,9,18H,1-2,5-6,8,10-16H2,(H,23,24). The minimum atomic E-state index is -3.50. The van der Waals surface area contributed by atoms with Gasteiger partial charge in [0.1, 0.15) is 11.9 Å². The highest BCUT2D eigenvalue weighted by Crippen LogP contribution is 2.22. The average Bonchev–Trinajstić information content (AvgIpc) is 3.43. The number of aliphatic imine (C=N–C) groups is 1. The Bertz CT molecular complexity index is 980. The predicted octanol–water partition coefficient (Wildman–Crippen LogP) is 1.14. The van der Waals surface area contributed by atoms with E-state index < -0.39 is 10.0 Å². The van der Waals surface area contributed by atoms with Crippen molar-refractivity contribution in [1.29, 1.82) is 0 Å². The molecule has 2 fully saturated rings. The Kier molecular flexibility index (Phi) is 7.10. The van der Waals surface area contributed by atoms with Gasteiger partial charge in [-0.1, -0.05) is 18.6 Å². The number of sulfonamides is 1. The quantitative estimate of drug-likeness (QED) is 0.611. The average molecular weight is 463 g/mol. The molecular weight excluding hydrogens is 432 g/mol. The summed E-state index contributed by atoms with van der Waals surface area (Å²) < 4.78 is 32.1. The highest BCUT2D eigenvalue weighted by Gasteiger charge is 2.31. The van der Waals surface area contributed by atoms with Crippen molar-refractivity contribution in [2.45, 2.75) is 49.5 Å². The zero-order valence-corrected chi connectivity index (χ0v) is 19.0. The van der Waals surface area contributed by atoms with Crippen LogP contribution in [0.1, 0.15) is 44.1 Å². The number of carbonyl (C=O) groups is 2. The fourth-order valence-electron chi connectivity index (χ4n) is 4.32. The summed E-state index contributed by atoms with van der Waals surface area (Å²) >= 11 is 0. The van der Waals surface area contributed by atoms with E-state index in [0.717, 1.165) is 32.1 Å². The number of amides is 2. The van der Waals surface area contributed by atoms with Crippen molar-refractivity contribution >= 4 is 27.7 Å². The summed E-state index contributed by atoms with van der Waals surface area (Å²) in [5.74, 6) is 0.577. The number of amidine groups is 1. The molecule has 0 aromatic heterocycles. The number of ether oxygens (including phenoxy) is 1. The largest absolute Gasteiger partial charge is 0.368 e. The van der Waals surface area contributed by atoms with Gasteiger partial charge in [0.05, 0.1) is 4.90 Å². The molecule has 0 saturated carbocycles. The maximum Gasteiger partial charge on any atom is 0.263 e. The molecule has 1 N–H and O–H groups in total. The minimum absolute atomic E-state index is 0.0587. The van der Waals surface area contributed by atoms with E-state index >= 15 is 0 Å². The van der Waals surface area contributed by atoms with E-state index in [-0.39, 0.29) is 22.8 Å². The molecule has 32 heavy (non-hydrogen) atoms. The third kappa shape index (κ3) is 5.12. The van der Waals surface area contributed by atoms with Crippen LogP contribution in [-0.4, -0.2) is 81.3 Å². The van der Waals surface area contributed by atoms with Gasteiger partial charge in [0.25, 0.3) is 15.9 Å². The zero-order chi connectivity index (χ0) is 22.6. The summed E-state index contributed by atoms with van der Waals surface area (Å²) in [4.78, 5) is 33.2. The predicted molar refractivity (Wildman–Crippen MR) is 119 cm³/mol. The smallest absolute Gasteiger partial charge is 0.263 e. The van der Waals surface area contributed by atoms with Crippen molar-refractivity contribution in [2.24, 2.45) is 4.99 Å². The molecule has 174 valence electrons. The van der Waals surface area contributed by atoms with Gasteiger partial charge in [-0.05, 0) is 37.8 Å². The number of piperazine rings is 1. The van der Waals surface area contributed by atoms with E-state index in [2.05, 4.69) is 9.71 Å². The summed E-state index contributed by atoms with van der Waals surface area (Å²) in [5, 5.41) is 0. The molecule has 3 aliphatic rings. The number of benzene rings is 1. The maximum absolute atomic E-state index is 12.5. The molecule has 1 atom stereocenters. The molecule has 2 saturated heterocycles.